The summed E-state index contributed by atoms with van der Waals surface area (Å²) in [6, 6.07) is 0.0319. The van der Waals surface area contributed by atoms with Crippen LogP contribution in [0.4, 0.5) is 0 Å². The molecule has 0 bridgehead atoms. The van der Waals surface area contributed by atoms with E-state index in [1.807, 2.05) is 0 Å². The van der Waals surface area contributed by atoms with Crippen LogP contribution in [0.5, 0.6) is 0 Å². The zero-order chi connectivity index (χ0) is 13.0. The molecule has 0 saturated heterocycles. The second kappa shape index (κ2) is 1.87. The van der Waals surface area contributed by atoms with Gasteiger partial charge in [0.25, 0.3) is 0 Å². The van der Waals surface area contributed by atoms with E-state index in [4.69, 9.17) is 9.60 Å². The SMILES string of the molecule is [2H]c1c([2H])c([2H])c2[nH]c(C([2H])([2H])[2H])cc2c1[2H]. The Bertz CT molecular complexity index is 551. The highest BCUT2D eigenvalue weighted by molar-refractivity contribution is 5.79. The lowest BCUT2D eigenvalue weighted by molar-refractivity contribution is 1.30. The number of rotatable bonds is 0. The van der Waals surface area contributed by atoms with Gasteiger partial charge in [-0.15, -0.1) is 0 Å². The van der Waals surface area contributed by atoms with Crippen molar-refractivity contribution in [3.05, 3.63) is 35.9 Å². The van der Waals surface area contributed by atoms with Crippen LogP contribution >= 0.6 is 0 Å². The van der Waals surface area contributed by atoms with Crippen LogP contribution < -0.4 is 0 Å². The highest BCUT2D eigenvalue weighted by atomic mass is 14.7. The van der Waals surface area contributed by atoms with E-state index < -0.39 is 6.85 Å². The first kappa shape index (κ1) is 1.88. The molecule has 0 atom stereocenters. The summed E-state index contributed by atoms with van der Waals surface area (Å²) in [4.78, 5) is 2.54. The molecule has 0 aliphatic heterocycles. The highest BCUT2D eigenvalue weighted by Crippen LogP contribution is 2.12. The molecule has 0 unspecified atom stereocenters. The van der Waals surface area contributed by atoms with E-state index in [0.29, 0.717) is 0 Å². The summed E-state index contributed by atoms with van der Waals surface area (Å²) in [5.41, 5.74) is 0.0432. The zero-order valence-electron chi connectivity index (χ0n) is 12.1. The maximum Gasteiger partial charge on any atom is 0.0645 e. The number of aryl methyl sites for hydroxylation is 1. The minimum Gasteiger partial charge on any atom is -0.359 e. The average Bonchev–Trinajstić information content (AvgIpc) is 2.67. The van der Waals surface area contributed by atoms with Crippen molar-refractivity contribution in [1.29, 1.82) is 0 Å². The number of hydrogen-bond donors (Lipinski definition) is 1. The predicted octanol–water partition coefficient (Wildman–Crippen LogP) is 2.48. The summed E-state index contributed by atoms with van der Waals surface area (Å²) in [7, 11) is 0. The van der Waals surface area contributed by atoms with Crippen molar-refractivity contribution < 1.29 is 9.60 Å². The fourth-order valence-corrected chi connectivity index (χ4v) is 0.844. The number of benzene rings is 1. The molecular weight excluding hydrogens is 122 g/mol. The largest absolute Gasteiger partial charge is 0.359 e. The van der Waals surface area contributed by atoms with Gasteiger partial charge in [0.2, 0.25) is 0 Å². The van der Waals surface area contributed by atoms with Crippen molar-refractivity contribution >= 4 is 10.9 Å². The van der Waals surface area contributed by atoms with E-state index in [2.05, 4.69) is 4.98 Å². The Balaban J connectivity index is 2.86. The van der Waals surface area contributed by atoms with Crippen molar-refractivity contribution in [2.45, 2.75) is 6.85 Å². The lowest BCUT2D eigenvalue weighted by atomic mass is 10.2. The molecule has 1 heteroatoms. The summed E-state index contributed by atoms with van der Waals surface area (Å²) in [6.07, 6.45) is 0. The summed E-state index contributed by atoms with van der Waals surface area (Å²) in [5, 5.41) is 0.196. The van der Waals surface area contributed by atoms with Gasteiger partial charge < -0.3 is 4.98 Å². The van der Waals surface area contributed by atoms with Gasteiger partial charge in [-0.25, -0.2) is 0 Å². The smallest absolute Gasteiger partial charge is 0.0645 e. The van der Waals surface area contributed by atoms with Gasteiger partial charge in [0, 0.05) is 15.3 Å². The second-order valence-corrected chi connectivity index (χ2v) is 1.97. The van der Waals surface area contributed by atoms with Gasteiger partial charge in [-0.2, -0.15) is 0 Å². The van der Waals surface area contributed by atoms with Crippen LogP contribution in [0.2, 0.25) is 0 Å². The molecule has 50 valence electrons. The Hall–Kier alpha value is -1.24. The molecule has 1 N–H and O–H groups in total. The number of H-pyrrole nitrogens is 1. The van der Waals surface area contributed by atoms with E-state index in [0.717, 1.165) is 0 Å². The van der Waals surface area contributed by atoms with Crippen LogP contribution in [0.25, 0.3) is 10.9 Å². The van der Waals surface area contributed by atoms with E-state index in [-0.39, 0.29) is 40.8 Å². The molecule has 1 heterocycles. The van der Waals surface area contributed by atoms with Crippen LogP contribution in [0.1, 0.15) is 15.3 Å². The molecule has 0 aliphatic rings. The van der Waals surface area contributed by atoms with Crippen LogP contribution in [0.3, 0.4) is 0 Å². The highest BCUT2D eigenvalue weighted by Gasteiger charge is 1.92. The fraction of sp³-hybridized carbons (Fsp3) is 0.111. The fourth-order valence-electron chi connectivity index (χ4n) is 0.844. The molecule has 2 rings (SSSR count). The first-order chi connectivity index (χ1) is 7.73. The zero-order valence-corrected chi connectivity index (χ0v) is 5.08. The van der Waals surface area contributed by atoms with Gasteiger partial charge in [0.15, 0.2) is 0 Å². The first-order valence-corrected chi connectivity index (χ1v) is 2.83. The van der Waals surface area contributed by atoms with Crippen molar-refractivity contribution in [3.63, 3.8) is 0 Å². The molecule has 1 nitrogen and oxygen atoms in total. The summed E-state index contributed by atoms with van der Waals surface area (Å²) in [5.74, 6) is 0. The maximum atomic E-state index is 7.65. The summed E-state index contributed by atoms with van der Waals surface area (Å²) < 4.78 is 52.0. The van der Waals surface area contributed by atoms with Gasteiger partial charge in [-0.05, 0) is 24.3 Å². The number of fused-ring (bicyclic) bond motifs is 1. The number of aromatic amines is 1. The normalized spacial score (nSPS) is 21.8. The summed E-state index contributed by atoms with van der Waals surface area (Å²) in [6.45, 7) is -2.36. The molecule has 0 saturated carbocycles. The monoisotopic (exact) mass is 138 g/mol. The number of hydrogen-bond acceptors (Lipinski definition) is 0. The van der Waals surface area contributed by atoms with Gasteiger partial charge in [-0.3, -0.25) is 0 Å². The second-order valence-electron chi connectivity index (χ2n) is 1.97. The van der Waals surface area contributed by atoms with Crippen LogP contribution in [0, 0.1) is 6.85 Å². The van der Waals surface area contributed by atoms with E-state index in [1.54, 1.807) is 0 Å². The molecule has 1 aromatic carbocycles. The Kier molecular flexibility index (Phi) is 0.352. The van der Waals surface area contributed by atoms with Crippen molar-refractivity contribution in [3.8, 4) is 0 Å². The number of aromatic nitrogens is 1. The van der Waals surface area contributed by atoms with Crippen molar-refractivity contribution in [1.82, 2.24) is 4.98 Å². The summed E-state index contributed by atoms with van der Waals surface area (Å²) >= 11 is 0. The van der Waals surface area contributed by atoms with Gasteiger partial charge in [0.05, 0.1) is 5.48 Å². The van der Waals surface area contributed by atoms with Crippen LogP contribution in [0.15, 0.2) is 30.2 Å². The molecule has 2 aromatic rings. The lowest BCUT2D eigenvalue weighted by Crippen LogP contribution is -1.65. The van der Waals surface area contributed by atoms with Gasteiger partial charge in [-0.1, -0.05) is 18.1 Å². The predicted molar refractivity (Wildman–Crippen MR) is 43.0 cm³/mol. The Morgan fingerprint density at radius 2 is 2.40 bits per heavy atom. The van der Waals surface area contributed by atoms with Gasteiger partial charge in [0.1, 0.15) is 0 Å². The molecular formula is C9H9N. The number of para-hydroxylation sites is 1. The molecule has 10 heavy (non-hydrogen) atoms. The van der Waals surface area contributed by atoms with Crippen molar-refractivity contribution in [2.24, 2.45) is 0 Å². The Morgan fingerprint density at radius 1 is 1.50 bits per heavy atom. The van der Waals surface area contributed by atoms with E-state index >= 15 is 0 Å². The standard InChI is InChI=1S/C9H9N/c1-7-6-8-4-2-3-5-9(8)10-7/h2-6,10H,1H3/i1D3,2D,3D,4D,5D. The van der Waals surface area contributed by atoms with Crippen LogP contribution in [-0.4, -0.2) is 4.98 Å². The molecule has 0 fully saturated rings. The molecule has 0 amide bonds. The Morgan fingerprint density at radius 3 is 3.30 bits per heavy atom. The molecule has 0 spiro atoms. The quantitative estimate of drug-likeness (QED) is 0.575. The Labute approximate surface area is 69.5 Å². The third kappa shape index (κ3) is 0.711. The van der Waals surface area contributed by atoms with E-state index in [1.165, 1.54) is 6.07 Å². The van der Waals surface area contributed by atoms with Crippen molar-refractivity contribution in [2.75, 3.05) is 0 Å². The first-order valence-electron chi connectivity index (χ1n) is 6.33. The maximum absolute atomic E-state index is 7.65. The van der Waals surface area contributed by atoms with E-state index in [9.17, 15) is 0 Å². The average molecular weight is 138 g/mol. The third-order valence-electron chi connectivity index (χ3n) is 1.26. The van der Waals surface area contributed by atoms with Gasteiger partial charge >= 0.3 is 0 Å². The minimum absolute atomic E-state index is 0.0838. The van der Waals surface area contributed by atoms with Crippen LogP contribution in [-0.2, 0) is 0 Å². The third-order valence-corrected chi connectivity index (χ3v) is 1.26. The lowest BCUT2D eigenvalue weighted by Gasteiger charge is -1.83. The molecule has 1 aromatic heterocycles. The molecule has 0 radical (unpaired) electrons. The minimum atomic E-state index is -2.36. The molecule has 0 aliphatic carbocycles. The number of nitrogens with one attached hydrogen (secondary N) is 1. The topological polar surface area (TPSA) is 15.8 Å².